The highest BCUT2D eigenvalue weighted by Crippen LogP contribution is 2.17. The van der Waals surface area contributed by atoms with E-state index in [0.717, 1.165) is 21.0 Å². The van der Waals surface area contributed by atoms with Crippen LogP contribution in [0.3, 0.4) is 0 Å². The van der Waals surface area contributed by atoms with Crippen molar-refractivity contribution in [3.63, 3.8) is 0 Å². The highest BCUT2D eigenvalue weighted by molar-refractivity contribution is 14.1. The second-order valence-corrected chi connectivity index (χ2v) is 6.33. The van der Waals surface area contributed by atoms with Crippen molar-refractivity contribution in [2.75, 3.05) is 16.8 Å². The van der Waals surface area contributed by atoms with E-state index in [1.165, 1.54) is 6.92 Å². The Balaban J connectivity index is 2.41. The molecule has 1 aromatic carbocycles. The van der Waals surface area contributed by atoms with Gasteiger partial charge in [-0.25, -0.2) is 4.79 Å². The number of hydrogen-bond donors (Lipinski definition) is 3. The van der Waals surface area contributed by atoms with Gasteiger partial charge in [-0.3, -0.25) is 9.59 Å². The molecule has 114 valence electrons. The minimum Gasteiger partial charge on any atom is -0.480 e. The third kappa shape index (κ3) is 6.80. The van der Waals surface area contributed by atoms with Gasteiger partial charge in [-0.15, -0.1) is 11.8 Å². The van der Waals surface area contributed by atoms with E-state index in [1.54, 1.807) is 6.07 Å². The maximum absolute atomic E-state index is 11.8. The minimum absolute atomic E-state index is 0.119. The lowest BCUT2D eigenvalue weighted by atomic mass is 10.3. The van der Waals surface area contributed by atoms with E-state index in [0.29, 0.717) is 0 Å². The summed E-state index contributed by atoms with van der Waals surface area (Å²) >= 11 is 3.27. The van der Waals surface area contributed by atoms with E-state index in [2.05, 4.69) is 33.2 Å². The number of carboxylic acid groups (broad SMARTS) is 1. The summed E-state index contributed by atoms with van der Waals surface area (Å²) in [5.41, 5.74) is 0.723. The van der Waals surface area contributed by atoms with Gasteiger partial charge in [0.25, 0.3) is 0 Å². The standard InChI is InChI=1S/C13H15IN2O4S/c1-8(17)15-11(13(19)20)6-21-7-12(18)16-10-5-3-2-4-9(10)14/h2-5,11H,6-7H2,1H3,(H,15,17)(H,16,18)(H,19,20). The number of halogens is 1. The average Bonchev–Trinajstić information content (AvgIpc) is 2.39. The molecule has 8 heteroatoms. The summed E-state index contributed by atoms with van der Waals surface area (Å²) in [6, 6.07) is 6.37. The summed E-state index contributed by atoms with van der Waals surface area (Å²) in [5.74, 6) is -1.49. The molecule has 2 amide bonds. The number of thioether (sulfide) groups is 1. The molecule has 0 saturated heterocycles. The molecule has 1 rings (SSSR count). The molecular formula is C13H15IN2O4S. The Morgan fingerprint density at radius 2 is 2.00 bits per heavy atom. The maximum Gasteiger partial charge on any atom is 0.327 e. The van der Waals surface area contributed by atoms with E-state index >= 15 is 0 Å². The summed E-state index contributed by atoms with van der Waals surface area (Å²) in [4.78, 5) is 33.6. The molecule has 0 bridgehead atoms. The third-order valence-electron chi connectivity index (χ3n) is 2.34. The fourth-order valence-corrected chi connectivity index (χ4v) is 2.80. The number of anilines is 1. The fraction of sp³-hybridized carbons (Fsp3) is 0.308. The predicted octanol–water partition coefficient (Wildman–Crippen LogP) is 1.55. The molecule has 6 nitrogen and oxygen atoms in total. The van der Waals surface area contributed by atoms with Gasteiger partial charge in [-0.1, -0.05) is 12.1 Å². The molecule has 3 N–H and O–H groups in total. The Morgan fingerprint density at radius 1 is 1.33 bits per heavy atom. The first-order valence-corrected chi connectivity index (χ1v) is 8.25. The van der Waals surface area contributed by atoms with Gasteiger partial charge in [0.1, 0.15) is 6.04 Å². The lowest BCUT2D eigenvalue weighted by molar-refractivity contribution is -0.140. The summed E-state index contributed by atoms with van der Waals surface area (Å²) in [7, 11) is 0. The number of carbonyl (C=O) groups is 3. The van der Waals surface area contributed by atoms with Crippen LogP contribution in [-0.2, 0) is 14.4 Å². The van der Waals surface area contributed by atoms with Crippen molar-refractivity contribution in [1.82, 2.24) is 5.32 Å². The van der Waals surface area contributed by atoms with Crippen molar-refractivity contribution in [1.29, 1.82) is 0 Å². The van der Waals surface area contributed by atoms with Crippen LogP contribution in [0.1, 0.15) is 6.92 Å². The molecule has 0 aliphatic rings. The molecule has 0 saturated carbocycles. The zero-order valence-corrected chi connectivity index (χ0v) is 14.2. The Morgan fingerprint density at radius 3 is 2.57 bits per heavy atom. The molecule has 0 spiro atoms. The summed E-state index contributed by atoms with van der Waals surface area (Å²) in [5, 5.41) is 14.0. The van der Waals surface area contributed by atoms with Crippen LogP contribution in [0.15, 0.2) is 24.3 Å². The predicted molar refractivity (Wildman–Crippen MR) is 90.4 cm³/mol. The van der Waals surface area contributed by atoms with Crippen LogP contribution in [0.5, 0.6) is 0 Å². The molecule has 0 aromatic heterocycles. The van der Waals surface area contributed by atoms with Crippen molar-refractivity contribution in [2.45, 2.75) is 13.0 Å². The zero-order valence-electron chi connectivity index (χ0n) is 11.3. The molecule has 1 atom stereocenters. The Hall–Kier alpha value is -1.29. The first-order chi connectivity index (χ1) is 9.90. The number of carbonyl (C=O) groups excluding carboxylic acids is 2. The zero-order chi connectivity index (χ0) is 15.8. The van der Waals surface area contributed by atoms with Gasteiger partial charge in [0.05, 0.1) is 11.4 Å². The topological polar surface area (TPSA) is 95.5 Å². The lowest BCUT2D eigenvalue weighted by Gasteiger charge is -2.12. The van der Waals surface area contributed by atoms with Crippen molar-refractivity contribution in [3.8, 4) is 0 Å². The largest absolute Gasteiger partial charge is 0.480 e. The molecule has 1 unspecified atom stereocenters. The highest BCUT2D eigenvalue weighted by atomic mass is 127. The molecule has 21 heavy (non-hydrogen) atoms. The van der Waals surface area contributed by atoms with Gasteiger partial charge in [0.15, 0.2) is 0 Å². The number of para-hydroxylation sites is 1. The van der Waals surface area contributed by atoms with E-state index in [1.807, 2.05) is 18.2 Å². The van der Waals surface area contributed by atoms with Crippen LogP contribution in [0.2, 0.25) is 0 Å². The summed E-state index contributed by atoms with van der Waals surface area (Å²) in [6.45, 7) is 1.25. The Labute approximate surface area is 140 Å². The monoisotopic (exact) mass is 422 g/mol. The highest BCUT2D eigenvalue weighted by Gasteiger charge is 2.18. The van der Waals surface area contributed by atoms with E-state index in [4.69, 9.17) is 5.11 Å². The maximum atomic E-state index is 11.8. The number of hydrogen-bond acceptors (Lipinski definition) is 4. The SMILES string of the molecule is CC(=O)NC(CSCC(=O)Nc1ccccc1I)C(=O)O. The van der Waals surface area contributed by atoms with Crippen LogP contribution in [-0.4, -0.2) is 40.4 Å². The molecule has 0 aliphatic heterocycles. The first kappa shape index (κ1) is 17.8. The quantitative estimate of drug-likeness (QED) is 0.580. The number of rotatable bonds is 7. The van der Waals surface area contributed by atoms with E-state index in [-0.39, 0.29) is 17.4 Å². The smallest absolute Gasteiger partial charge is 0.327 e. The number of aliphatic carboxylic acids is 1. The second kappa shape index (κ2) is 8.88. The van der Waals surface area contributed by atoms with Crippen LogP contribution in [0.25, 0.3) is 0 Å². The second-order valence-electron chi connectivity index (χ2n) is 4.13. The van der Waals surface area contributed by atoms with Crippen LogP contribution >= 0.6 is 34.4 Å². The van der Waals surface area contributed by atoms with Crippen LogP contribution in [0, 0.1) is 3.57 Å². The third-order valence-corrected chi connectivity index (χ3v) is 4.32. The number of nitrogens with one attached hydrogen (secondary N) is 2. The van der Waals surface area contributed by atoms with Crippen LogP contribution < -0.4 is 10.6 Å². The van der Waals surface area contributed by atoms with E-state index in [9.17, 15) is 14.4 Å². The van der Waals surface area contributed by atoms with Crippen molar-refractivity contribution in [3.05, 3.63) is 27.8 Å². The molecular weight excluding hydrogens is 407 g/mol. The van der Waals surface area contributed by atoms with Gasteiger partial charge >= 0.3 is 5.97 Å². The summed E-state index contributed by atoms with van der Waals surface area (Å²) < 4.78 is 0.926. The molecule has 0 fully saturated rings. The van der Waals surface area contributed by atoms with E-state index < -0.39 is 17.9 Å². The lowest BCUT2D eigenvalue weighted by Crippen LogP contribution is -2.41. The number of amides is 2. The fourth-order valence-electron chi connectivity index (χ4n) is 1.44. The van der Waals surface area contributed by atoms with Crippen LogP contribution in [0.4, 0.5) is 5.69 Å². The van der Waals surface area contributed by atoms with Gasteiger partial charge in [0, 0.05) is 16.2 Å². The van der Waals surface area contributed by atoms with Crippen molar-refractivity contribution < 1.29 is 19.5 Å². The molecule has 0 aliphatic carbocycles. The Bertz CT molecular complexity index is 539. The number of carboxylic acids is 1. The molecule has 0 heterocycles. The normalized spacial score (nSPS) is 11.5. The van der Waals surface area contributed by atoms with Crippen molar-refractivity contribution in [2.24, 2.45) is 0 Å². The average molecular weight is 422 g/mol. The van der Waals surface area contributed by atoms with Crippen molar-refractivity contribution >= 4 is 57.8 Å². The van der Waals surface area contributed by atoms with Gasteiger partial charge in [0.2, 0.25) is 11.8 Å². The first-order valence-electron chi connectivity index (χ1n) is 6.02. The number of benzene rings is 1. The summed E-state index contributed by atoms with van der Waals surface area (Å²) in [6.07, 6.45) is 0. The Kier molecular flexibility index (Phi) is 7.51. The van der Waals surface area contributed by atoms with Gasteiger partial charge < -0.3 is 15.7 Å². The molecule has 1 aromatic rings. The van der Waals surface area contributed by atoms with Gasteiger partial charge in [-0.05, 0) is 34.7 Å². The minimum atomic E-state index is -1.12. The molecule has 0 radical (unpaired) electrons. The van der Waals surface area contributed by atoms with Gasteiger partial charge in [-0.2, -0.15) is 0 Å².